The van der Waals surface area contributed by atoms with Gasteiger partial charge in [0.2, 0.25) is 6.79 Å². The minimum Gasteiger partial charge on any atom is -0.454 e. The Morgan fingerprint density at radius 1 is 1.07 bits per heavy atom. The Kier molecular flexibility index (Phi) is 4.87. The fourth-order valence-corrected chi connectivity index (χ4v) is 3.58. The third-order valence-electron chi connectivity index (χ3n) is 5.06. The third kappa shape index (κ3) is 4.06. The minimum absolute atomic E-state index is 0.225. The van der Waals surface area contributed by atoms with Crippen molar-refractivity contribution in [3.63, 3.8) is 0 Å². The molecule has 2 aromatic rings. The summed E-state index contributed by atoms with van der Waals surface area (Å²) in [5, 5.41) is 0. The number of fused-ring (bicyclic) bond motifs is 1. The molecule has 0 saturated carbocycles. The van der Waals surface area contributed by atoms with E-state index in [0.717, 1.165) is 41.2 Å². The fourth-order valence-electron chi connectivity index (χ4n) is 3.58. The van der Waals surface area contributed by atoms with Gasteiger partial charge in [0.15, 0.2) is 11.5 Å². The average molecular weight is 382 g/mol. The van der Waals surface area contributed by atoms with Crippen LogP contribution in [-0.4, -0.2) is 41.5 Å². The van der Waals surface area contributed by atoms with Crippen molar-refractivity contribution in [2.45, 2.75) is 45.1 Å². The zero-order valence-corrected chi connectivity index (χ0v) is 16.6. The fraction of sp³-hybridized carbons (Fsp3) is 0.455. The van der Waals surface area contributed by atoms with E-state index in [1.165, 1.54) is 0 Å². The summed E-state index contributed by atoms with van der Waals surface area (Å²) in [5.41, 5.74) is 2.73. The zero-order chi connectivity index (χ0) is 19.7. The number of rotatable bonds is 2. The van der Waals surface area contributed by atoms with Crippen molar-refractivity contribution >= 4 is 6.09 Å². The van der Waals surface area contributed by atoms with E-state index in [1.807, 2.05) is 45.2 Å². The van der Waals surface area contributed by atoms with Crippen molar-refractivity contribution in [1.29, 1.82) is 0 Å². The van der Waals surface area contributed by atoms with Crippen LogP contribution in [0, 0.1) is 0 Å². The second kappa shape index (κ2) is 7.34. The summed E-state index contributed by atoms with van der Waals surface area (Å²) >= 11 is 0. The highest BCUT2D eigenvalue weighted by molar-refractivity contribution is 5.68. The number of benzene rings is 1. The summed E-state index contributed by atoms with van der Waals surface area (Å²) in [6, 6.07) is 10.1. The Bertz CT molecular complexity index is 850. The van der Waals surface area contributed by atoms with Gasteiger partial charge in [0, 0.05) is 36.5 Å². The van der Waals surface area contributed by atoms with Crippen LogP contribution in [0.2, 0.25) is 0 Å². The Morgan fingerprint density at radius 2 is 1.79 bits per heavy atom. The molecule has 0 N–H and O–H groups in total. The lowest BCUT2D eigenvalue weighted by Crippen LogP contribution is -2.41. The Balaban J connectivity index is 1.38. The molecule has 4 rings (SSSR count). The quantitative estimate of drug-likeness (QED) is 0.760. The minimum atomic E-state index is -0.458. The van der Waals surface area contributed by atoms with E-state index >= 15 is 0 Å². The van der Waals surface area contributed by atoms with Crippen molar-refractivity contribution in [3.8, 4) is 22.6 Å². The van der Waals surface area contributed by atoms with Gasteiger partial charge in [0.1, 0.15) is 5.60 Å². The number of carbonyl (C=O) groups is 1. The molecule has 1 aromatic heterocycles. The molecule has 1 saturated heterocycles. The summed E-state index contributed by atoms with van der Waals surface area (Å²) < 4.78 is 16.3. The smallest absolute Gasteiger partial charge is 0.410 e. The summed E-state index contributed by atoms with van der Waals surface area (Å²) in [5.74, 6) is 1.92. The van der Waals surface area contributed by atoms with Crippen LogP contribution in [0.15, 0.2) is 36.5 Å². The number of hydrogen-bond donors (Lipinski definition) is 0. The van der Waals surface area contributed by atoms with Crippen molar-refractivity contribution < 1.29 is 19.0 Å². The molecule has 28 heavy (non-hydrogen) atoms. The molecule has 0 radical (unpaired) electrons. The van der Waals surface area contributed by atoms with Crippen molar-refractivity contribution in [1.82, 2.24) is 9.88 Å². The largest absolute Gasteiger partial charge is 0.454 e. The molecule has 0 bridgehead atoms. The van der Waals surface area contributed by atoms with Crippen LogP contribution in [0.3, 0.4) is 0 Å². The summed E-state index contributed by atoms with van der Waals surface area (Å²) in [6.07, 6.45) is 3.48. The predicted molar refractivity (Wildman–Crippen MR) is 106 cm³/mol. The van der Waals surface area contributed by atoms with Gasteiger partial charge >= 0.3 is 6.09 Å². The number of pyridine rings is 1. The molecule has 3 heterocycles. The zero-order valence-electron chi connectivity index (χ0n) is 16.6. The monoisotopic (exact) mass is 382 g/mol. The lowest BCUT2D eigenvalue weighted by molar-refractivity contribution is 0.0204. The molecule has 6 nitrogen and oxygen atoms in total. The molecule has 0 aliphatic carbocycles. The van der Waals surface area contributed by atoms with Gasteiger partial charge in [0.05, 0.1) is 0 Å². The van der Waals surface area contributed by atoms with E-state index in [9.17, 15) is 4.79 Å². The molecule has 0 spiro atoms. The molecule has 148 valence electrons. The maximum atomic E-state index is 12.2. The van der Waals surface area contributed by atoms with E-state index in [2.05, 4.69) is 12.1 Å². The number of likely N-dealkylation sites (tertiary alicyclic amines) is 1. The molecular formula is C22H26N2O4. The molecule has 1 amide bonds. The van der Waals surface area contributed by atoms with E-state index in [0.29, 0.717) is 19.0 Å². The summed E-state index contributed by atoms with van der Waals surface area (Å²) in [4.78, 5) is 18.7. The van der Waals surface area contributed by atoms with Crippen LogP contribution in [0.5, 0.6) is 11.5 Å². The normalized spacial score (nSPS) is 16.9. The predicted octanol–water partition coefficient (Wildman–Crippen LogP) is 4.59. The van der Waals surface area contributed by atoms with Crippen LogP contribution in [0.4, 0.5) is 4.79 Å². The van der Waals surface area contributed by atoms with Gasteiger partial charge in [0.25, 0.3) is 0 Å². The number of aromatic nitrogens is 1. The van der Waals surface area contributed by atoms with Gasteiger partial charge in [-0.3, -0.25) is 4.98 Å². The number of hydrogen-bond acceptors (Lipinski definition) is 5. The molecule has 2 aliphatic heterocycles. The first-order chi connectivity index (χ1) is 13.4. The standard InChI is InChI=1S/C22H26N2O4/c1-22(2,3)28-21(25)24-10-8-15(9-11-24)18-6-4-17(13-23-18)16-5-7-19-20(12-16)27-14-26-19/h4-7,12-13,15H,8-11,14H2,1-3H3. The second-order valence-electron chi connectivity index (χ2n) is 8.28. The molecule has 1 aromatic carbocycles. The topological polar surface area (TPSA) is 60.9 Å². The van der Waals surface area contributed by atoms with Gasteiger partial charge in [-0.1, -0.05) is 12.1 Å². The highest BCUT2D eigenvalue weighted by Crippen LogP contribution is 2.36. The van der Waals surface area contributed by atoms with Gasteiger partial charge in [-0.2, -0.15) is 0 Å². The lowest BCUT2D eigenvalue weighted by Gasteiger charge is -2.33. The highest BCUT2D eigenvalue weighted by Gasteiger charge is 2.28. The van der Waals surface area contributed by atoms with E-state index in [4.69, 9.17) is 19.2 Å². The number of piperidine rings is 1. The van der Waals surface area contributed by atoms with E-state index in [1.54, 1.807) is 4.90 Å². The molecule has 0 atom stereocenters. The molecule has 2 aliphatic rings. The van der Waals surface area contributed by atoms with Crippen LogP contribution < -0.4 is 9.47 Å². The molecule has 1 fully saturated rings. The number of ether oxygens (including phenoxy) is 3. The lowest BCUT2D eigenvalue weighted by atomic mass is 9.92. The molecule has 6 heteroatoms. The van der Waals surface area contributed by atoms with Crippen LogP contribution in [0.25, 0.3) is 11.1 Å². The van der Waals surface area contributed by atoms with Gasteiger partial charge in [-0.05, 0) is 57.4 Å². The van der Waals surface area contributed by atoms with Crippen LogP contribution >= 0.6 is 0 Å². The number of nitrogens with zero attached hydrogens (tertiary/aromatic N) is 2. The van der Waals surface area contributed by atoms with Gasteiger partial charge < -0.3 is 19.1 Å². The first kappa shape index (κ1) is 18.6. The van der Waals surface area contributed by atoms with Crippen LogP contribution in [-0.2, 0) is 4.74 Å². The van der Waals surface area contributed by atoms with E-state index in [-0.39, 0.29) is 12.9 Å². The van der Waals surface area contributed by atoms with Crippen LogP contribution in [0.1, 0.15) is 45.2 Å². The first-order valence-corrected chi connectivity index (χ1v) is 9.73. The second-order valence-corrected chi connectivity index (χ2v) is 8.28. The average Bonchev–Trinajstić information content (AvgIpc) is 3.15. The summed E-state index contributed by atoms with van der Waals surface area (Å²) in [6.45, 7) is 7.35. The summed E-state index contributed by atoms with van der Waals surface area (Å²) in [7, 11) is 0. The third-order valence-corrected chi connectivity index (χ3v) is 5.06. The van der Waals surface area contributed by atoms with E-state index < -0.39 is 5.60 Å². The maximum Gasteiger partial charge on any atom is 0.410 e. The maximum absolute atomic E-state index is 12.2. The Labute approximate surface area is 165 Å². The first-order valence-electron chi connectivity index (χ1n) is 9.73. The molecule has 0 unspecified atom stereocenters. The molecular weight excluding hydrogens is 356 g/mol. The van der Waals surface area contributed by atoms with Crippen molar-refractivity contribution in [2.75, 3.05) is 19.9 Å². The van der Waals surface area contributed by atoms with Gasteiger partial charge in [-0.25, -0.2) is 4.79 Å². The van der Waals surface area contributed by atoms with Gasteiger partial charge in [-0.15, -0.1) is 0 Å². The Morgan fingerprint density at radius 3 is 2.46 bits per heavy atom. The SMILES string of the molecule is CC(C)(C)OC(=O)N1CCC(c2ccc(-c3ccc4c(c3)OCO4)cn2)CC1. The van der Waals surface area contributed by atoms with Crippen molar-refractivity contribution in [3.05, 3.63) is 42.2 Å². The Hall–Kier alpha value is -2.76. The number of amides is 1. The highest BCUT2D eigenvalue weighted by atomic mass is 16.7. The number of carbonyl (C=O) groups excluding carboxylic acids is 1. The van der Waals surface area contributed by atoms with Crippen molar-refractivity contribution in [2.24, 2.45) is 0 Å².